The van der Waals surface area contributed by atoms with Gasteiger partial charge in [0.2, 0.25) is 0 Å². The first-order chi connectivity index (χ1) is 16.0. The minimum atomic E-state index is -0.0810. The van der Waals surface area contributed by atoms with Crippen molar-refractivity contribution in [3.8, 4) is 0 Å². The fourth-order valence-corrected chi connectivity index (χ4v) is 5.44. The van der Waals surface area contributed by atoms with Crippen LogP contribution in [-0.4, -0.2) is 40.7 Å². The van der Waals surface area contributed by atoms with Crippen LogP contribution in [0.5, 0.6) is 0 Å². The van der Waals surface area contributed by atoms with E-state index in [4.69, 9.17) is 4.98 Å². The highest BCUT2D eigenvalue weighted by atomic mass is 32.2. The van der Waals surface area contributed by atoms with E-state index in [0.29, 0.717) is 12.1 Å². The smallest absolute Gasteiger partial charge is 0.252 e. The van der Waals surface area contributed by atoms with E-state index in [1.54, 1.807) is 0 Å². The maximum atomic E-state index is 13.1. The summed E-state index contributed by atoms with van der Waals surface area (Å²) in [5.41, 5.74) is 3.90. The van der Waals surface area contributed by atoms with Gasteiger partial charge in [0.1, 0.15) is 10.0 Å². The second kappa shape index (κ2) is 10.8. The predicted octanol–water partition coefficient (Wildman–Crippen LogP) is 5.50. The zero-order valence-corrected chi connectivity index (χ0v) is 20.7. The van der Waals surface area contributed by atoms with Crippen molar-refractivity contribution < 1.29 is 4.79 Å². The molecule has 0 spiro atoms. The number of benzene rings is 2. The molecule has 0 fully saturated rings. The highest BCUT2D eigenvalue weighted by Gasteiger charge is 2.15. The summed E-state index contributed by atoms with van der Waals surface area (Å²) in [7, 11) is 0. The van der Waals surface area contributed by atoms with Gasteiger partial charge in [0, 0.05) is 30.7 Å². The second-order valence-electron chi connectivity index (χ2n) is 7.74. The summed E-state index contributed by atoms with van der Waals surface area (Å²) < 4.78 is 0.817. The van der Waals surface area contributed by atoms with Crippen LogP contribution in [0.1, 0.15) is 34.3 Å². The lowest BCUT2D eigenvalue weighted by atomic mass is 10.1. The van der Waals surface area contributed by atoms with Gasteiger partial charge in [-0.1, -0.05) is 41.7 Å². The van der Waals surface area contributed by atoms with Crippen molar-refractivity contribution >= 4 is 45.6 Å². The molecule has 2 aromatic heterocycles. The summed E-state index contributed by atoms with van der Waals surface area (Å²) in [5, 5.41) is 13.8. The Hall–Kier alpha value is -2.97. The molecule has 2 aromatic carbocycles. The first-order valence-electron chi connectivity index (χ1n) is 11.0. The van der Waals surface area contributed by atoms with Crippen molar-refractivity contribution in [1.29, 1.82) is 0 Å². The minimum Gasteiger partial charge on any atom is -0.372 e. The van der Waals surface area contributed by atoms with Gasteiger partial charge in [-0.2, -0.15) is 0 Å². The molecule has 0 aliphatic heterocycles. The van der Waals surface area contributed by atoms with E-state index in [2.05, 4.69) is 58.5 Å². The number of fused-ring (bicyclic) bond motifs is 1. The van der Waals surface area contributed by atoms with Crippen LogP contribution in [-0.2, 0) is 0 Å². The number of carbonyl (C=O) groups is 1. The number of aromatic nitrogens is 3. The molecule has 0 unspecified atom stereocenters. The van der Waals surface area contributed by atoms with Crippen molar-refractivity contribution in [3.63, 3.8) is 0 Å². The molecule has 1 N–H and O–H groups in total. The topological polar surface area (TPSA) is 71.0 Å². The maximum Gasteiger partial charge on any atom is 0.252 e. The molecular weight excluding hydrogens is 450 g/mol. The number of nitrogens with one attached hydrogen (secondary N) is 1. The highest BCUT2D eigenvalue weighted by molar-refractivity contribution is 8.01. The average Bonchev–Trinajstić information content (AvgIpc) is 3.22. The fraction of sp³-hybridized carbons (Fsp3) is 0.280. The maximum absolute atomic E-state index is 13.1. The largest absolute Gasteiger partial charge is 0.372 e. The number of amides is 1. The number of para-hydroxylation sites is 1. The van der Waals surface area contributed by atoms with Crippen LogP contribution < -0.4 is 10.2 Å². The molecule has 0 saturated heterocycles. The molecule has 4 aromatic rings. The van der Waals surface area contributed by atoms with Crippen LogP contribution in [0, 0.1) is 13.8 Å². The number of hydrogen-bond acceptors (Lipinski definition) is 7. The summed E-state index contributed by atoms with van der Waals surface area (Å²) in [5.74, 6) is -0.0810. The predicted molar refractivity (Wildman–Crippen MR) is 137 cm³/mol. The van der Waals surface area contributed by atoms with Crippen LogP contribution >= 0.6 is 23.1 Å². The Morgan fingerprint density at radius 2 is 1.94 bits per heavy atom. The summed E-state index contributed by atoms with van der Waals surface area (Å²) in [6, 6.07) is 18.1. The van der Waals surface area contributed by atoms with E-state index in [1.165, 1.54) is 34.3 Å². The van der Waals surface area contributed by atoms with Gasteiger partial charge in [-0.3, -0.25) is 4.79 Å². The van der Waals surface area contributed by atoms with Gasteiger partial charge in [0.05, 0.1) is 11.1 Å². The third-order valence-corrected chi connectivity index (χ3v) is 7.08. The number of rotatable bonds is 9. The molecule has 0 saturated carbocycles. The first kappa shape index (κ1) is 23.2. The lowest BCUT2D eigenvalue weighted by Gasteiger charge is -2.23. The molecule has 4 rings (SSSR count). The number of hydrogen-bond donors (Lipinski definition) is 1. The van der Waals surface area contributed by atoms with Crippen molar-refractivity contribution in [3.05, 3.63) is 70.7 Å². The van der Waals surface area contributed by atoms with Crippen LogP contribution in [0.4, 0.5) is 5.69 Å². The molecule has 0 radical (unpaired) electrons. The standard InChI is InChI=1S/C25H27N5OS2/c1-4-30(19-10-7-9-17(2)15-19)14-8-13-26-24(31)21-16-23(33-25-29-28-18(3)32-25)27-22-12-6-5-11-20(21)22/h5-7,9-12,15-16H,4,8,13-14H2,1-3H3,(H,26,31). The molecule has 0 aliphatic rings. The number of aryl methyl sites for hydroxylation is 2. The van der Waals surface area contributed by atoms with E-state index in [9.17, 15) is 4.79 Å². The molecule has 170 valence electrons. The van der Waals surface area contributed by atoms with Gasteiger partial charge in [-0.25, -0.2) is 4.98 Å². The molecule has 0 atom stereocenters. The Bertz CT molecular complexity index is 1260. The monoisotopic (exact) mass is 477 g/mol. The average molecular weight is 478 g/mol. The normalized spacial score (nSPS) is 11.0. The summed E-state index contributed by atoms with van der Waals surface area (Å²) >= 11 is 2.95. The number of carbonyl (C=O) groups excluding carboxylic acids is 1. The van der Waals surface area contributed by atoms with Crippen molar-refractivity contribution in [2.24, 2.45) is 0 Å². The highest BCUT2D eigenvalue weighted by Crippen LogP contribution is 2.31. The molecule has 1 amide bonds. The lowest BCUT2D eigenvalue weighted by molar-refractivity contribution is 0.0954. The first-order valence-corrected chi connectivity index (χ1v) is 12.6. The van der Waals surface area contributed by atoms with Crippen LogP contribution in [0.15, 0.2) is 64.0 Å². The molecule has 0 bridgehead atoms. The molecule has 6 nitrogen and oxygen atoms in total. The molecule has 33 heavy (non-hydrogen) atoms. The van der Waals surface area contributed by atoms with Crippen molar-refractivity contribution in [2.75, 3.05) is 24.5 Å². The van der Waals surface area contributed by atoms with Gasteiger partial charge in [-0.05, 0) is 68.8 Å². The minimum absolute atomic E-state index is 0.0810. The SMILES string of the molecule is CCN(CCCNC(=O)c1cc(Sc2nnc(C)s2)nc2ccccc12)c1cccc(C)c1. The quantitative estimate of drug-likeness (QED) is 0.321. The molecule has 2 heterocycles. The Morgan fingerprint density at radius 1 is 1.09 bits per heavy atom. The third kappa shape index (κ3) is 5.89. The van der Waals surface area contributed by atoms with Crippen molar-refractivity contribution in [1.82, 2.24) is 20.5 Å². The zero-order chi connectivity index (χ0) is 23.2. The van der Waals surface area contributed by atoms with Gasteiger partial charge >= 0.3 is 0 Å². The van der Waals surface area contributed by atoms with E-state index in [1.807, 2.05) is 37.3 Å². The van der Waals surface area contributed by atoms with Crippen LogP contribution in [0.2, 0.25) is 0 Å². The number of pyridine rings is 1. The van der Waals surface area contributed by atoms with E-state index in [0.717, 1.165) is 44.8 Å². The molecule has 0 aliphatic carbocycles. The van der Waals surface area contributed by atoms with Crippen molar-refractivity contribution in [2.45, 2.75) is 36.6 Å². The second-order valence-corrected chi connectivity index (χ2v) is 10.2. The van der Waals surface area contributed by atoms with Crippen LogP contribution in [0.25, 0.3) is 10.9 Å². The van der Waals surface area contributed by atoms with Gasteiger partial charge in [0.25, 0.3) is 5.91 Å². The Morgan fingerprint density at radius 3 is 2.70 bits per heavy atom. The summed E-state index contributed by atoms with van der Waals surface area (Å²) in [4.78, 5) is 20.2. The van der Waals surface area contributed by atoms with Crippen LogP contribution in [0.3, 0.4) is 0 Å². The fourth-order valence-electron chi connectivity index (χ4n) is 3.66. The molecular formula is C25H27N5OS2. The van der Waals surface area contributed by atoms with E-state index >= 15 is 0 Å². The summed E-state index contributed by atoms with van der Waals surface area (Å²) in [6.07, 6.45) is 0.863. The number of nitrogens with zero attached hydrogens (tertiary/aromatic N) is 4. The van der Waals surface area contributed by atoms with Gasteiger partial charge < -0.3 is 10.2 Å². The molecule has 8 heteroatoms. The van der Waals surface area contributed by atoms with E-state index < -0.39 is 0 Å². The van der Waals surface area contributed by atoms with E-state index in [-0.39, 0.29) is 5.91 Å². The number of anilines is 1. The Kier molecular flexibility index (Phi) is 7.57. The zero-order valence-electron chi connectivity index (χ0n) is 19.0. The van der Waals surface area contributed by atoms with Gasteiger partial charge in [-0.15, -0.1) is 10.2 Å². The Labute approximate surface area is 202 Å². The van der Waals surface area contributed by atoms with Gasteiger partial charge in [0.15, 0.2) is 4.34 Å². The third-order valence-electron chi connectivity index (χ3n) is 5.28. The summed E-state index contributed by atoms with van der Waals surface area (Å²) in [6.45, 7) is 8.60. The lowest BCUT2D eigenvalue weighted by Crippen LogP contribution is -2.30. The Balaban J connectivity index is 1.43.